The molecule has 1 fully saturated rings. The molecule has 0 bridgehead atoms. The lowest BCUT2D eigenvalue weighted by Gasteiger charge is -2.33. The first-order chi connectivity index (χ1) is 7.59. The maximum absolute atomic E-state index is 6.33. The van der Waals surface area contributed by atoms with Gasteiger partial charge in [0.1, 0.15) is 0 Å². The summed E-state index contributed by atoms with van der Waals surface area (Å²) in [4.78, 5) is 0. The first-order valence-corrected chi connectivity index (χ1v) is 6.15. The Balaban J connectivity index is 2.13. The number of hydrogen-bond acceptors (Lipinski definition) is 2. The van der Waals surface area contributed by atoms with Gasteiger partial charge in [0.05, 0.1) is 0 Å². The molecule has 0 aliphatic carbocycles. The minimum Gasteiger partial charge on any atom is -0.381 e. The van der Waals surface area contributed by atoms with E-state index in [0.717, 1.165) is 38.0 Å². The van der Waals surface area contributed by atoms with Gasteiger partial charge in [0.2, 0.25) is 0 Å². The second-order valence-corrected chi connectivity index (χ2v) is 5.23. The smallest absolute Gasteiger partial charge is 0.0483 e. The Morgan fingerprint density at radius 2 is 1.94 bits per heavy atom. The second-order valence-electron chi connectivity index (χ2n) is 4.39. The van der Waals surface area contributed by atoms with Crippen molar-refractivity contribution in [2.45, 2.75) is 24.8 Å². The molecule has 1 heterocycles. The van der Waals surface area contributed by atoms with Crippen LogP contribution in [0.25, 0.3) is 0 Å². The predicted octanol–water partition coefficient (Wildman–Crippen LogP) is 3.04. The second kappa shape index (κ2) is 4.92. The van der Waals surface area contributed by atoms with E-state index in [1.165, 1.54) is 0 Å². The minimum atomic E-state index is -0.185. The van der Waals surface area contributed by atoms with Gasteiger partial charge < -0.3 is 10.5 Å². The van der Waals surface area contributed by atoms with E-state index in [1.54, 1.807) is 6.07 Å². The molecule has 0 amide bonds. The highest BCUT2D eigenvalue weighted by Gasteiger charge is 2.28. The quantitative estimate of drug-likeness (QED) is 0.887. The Kier molecular flexibility index (Phi) is 3.75. The molecule has 1 aliphatic rings. The van der Waals surface area contributed by atoms with E-state index in [-0.39, 0.29) is 5.54 Å². The average molecular weight is 260 g/mol. The standard InChI is InChI=1S/C12H15Cl2NO/c13-10-2-1-9(11(14)7-10)8-12(15)3-5-16-6-4-12/h1-2,7H,3-6,8,15H2. The van der Waals surface area contributed by atoms with Crippen LogP contribution in [0.3, 0.4) is 0 Å². The Morgan fingerprint density at radius 1 is 1.25 bits per heavy atom. The van der Waals surface area contributed by atoms with Crippen molar-refractivity contribution < 1.29 is 4.74 Å². The summed E-state index contributed by atoms with van der Waals surface area (Å²) in [6.07, 6.45) is 2.55. The third kappa shape index (κ3) is 2.89. The monoisotopic (exact) mass is 259 g/mol. The molecule has 0 spiro atoms. The van der Waals surface area contributed by atoms with Gasteiger partial charge >= 0.3 is 0 Å². The maximum atomic E-state index is 6.33. The number of rotatable bonds is 2. The molecule has 1 aromatic rings. The minimum absolute atomic E-state index is 0.185. The van der Waals surface area contributed by atoms with Crippen molar-refractivity contribution in [3.8, 4) is 0 Å². The SMILES string of the molecule is NC1(Cc2ccc(Cl)cc2Cl)CCOCC1. The van der Waals surface area contributed by atoms with Gasteiger partial charge in [-0.1, -0.05) is 29.3 Å². The summed E-state index contributed by atoms with van der Waals surface area (Å²) in [6, 6.07) is 5.57. The molecule has 0 aromatic heterocycles. The Hall–Kier alpha value is -0.280. The molecule has 16 heavy (non-hydrogen) atoms. The highest BCUT2D eigenvalue weighted by atomic mass is 35.5. The van der Waals surface area contributed by atoms with Crippen LogP contribution in [0, 0.1) is 0 Å². The first-order valence-electron chi connectivity index (χ1n) is 5.40. The third-order valence-electron chi connectivity index (χ3n) is 3.05. The summed E-state index contributed by atoms with van der Waals surface area (Å²) in [6.45, 7) is 1.48. The molecule has 0 saturated carbocycles. The molecule has 0 unspecified atom stereocenters. The van der Waals surface area contributed by atoms with Crippen LogP contribution in [0.5, 0.6) is 0 Å². The fourth-order valence-electron chi connectivity index (χ4n) is 2.00. The lowest BCUT2D eigenvalue weighted by Crippen LogP contribution is -2.46. The zero-order valence-corrected chi connectivity index (χ0v) is 10.5. The molecule has 4 heteroatoms. The van der Waals surface area contributed by atoms with Gasteiger partial charge in [-0.3, -0.25) is 0 Å². The van der Waals surface area contributed by atoms with Crippen LogP contribution in [0.4, 0.5) is 0 Å². The number of nitrogens with two attached hydrogens (primary N) is 1. The number of halogens is 2. The zero-order chi connectivity index (χ0) is 11.6. The van der Waals surface area contributed by atoms with Crippen LogP contribution in [-0.2, 0) is 11.2 Å². The molecule has 2 N–H and O–H groups in total. The molecular weight excluding hydrogens is 245 g/mol. The summed E-state index contributed by atoms with van der Waals surface area (Å²) in [7, 11) is 0. The van der Waals surface area contributed by atoms with Gasteiger partial charge in [-0.15, -0.1) is 0 Å². The van der Waals surface area contributed by atoms with Crippen molar-refractivity contribution in [3.05, 3.63) is 33.8 Å². The fourth-order valence-corrected chi connectivity index (χ4v) is 2.47. The molecule has 0 radical (unpaired) electrons. The molecular formula is C12H15Cl2NO. The number of ether oxygens (including phenoxy) is 1. The van der Waals surface area contributed by atoms with Crippen molar-refractivity contribution in [1.29, 1.82) is 0 Å². The van der Waals surface area contributed by atoms with Gasteiger partial charge in [-0.25, -0.2) is 0 Å². The topological polar surface area (TPSA) is 35.2 Å². The van der Waals surface area contributed by atoms with E-state index >= 15 is 0 Å². The van der Waals surface area contributed by atoms with Crippen molar-refractivity contribution in [2.24, 2.45) is 5.73 Å². The summed E-state index contributed by atoms with van der Waals surface area (Å²) < 4.78 is 5.32. The third-order valence-corrected chi connectivity index (χ3v) is 3.63. The van der Waals surface area contributed by atoms with E-state index in [9.17, 15) is 0 Å². The Morgan fingerprint density at radius 3 is 2.56 bits per heavy atom. The van der Waals surface area contributed by atoms with Gasteiger partial charge in [-0.05, 0) is 37.0 Å². The molecule has 2 nitrogen and oxygen atoms in total. The highest BCUT2D eigenvalue weighted by molar-refractivity contribution is 6.35. The van der Waals surface area contributed by atoms with E-state index in [1.807, 2.05) is 12.1 Å². The van der Waals surface area contributed by atoms with E-state index in [0.29, 0.717) is 10.0 Å². The van der Waals surface area contributed by atoms with Crippen LogP contribution in [-0.4, -0.2) is 18.8 Å². The highest BCUT2D eigenvalue weighted by Crippen LogP contribution is 2.28. The van der Waals surface area contributed by atoms with E-state index in [4.69, 9.17) is 33.7 Å². The van der Waals surface area contributed by atoms with Crippen molar-refractivity contribution in [1.82, 2.24) is 0 Å². The molecule has 1 aromatic carbocycles. The number of benzene rings is 1. The summed E-state index contributed by atoms with van der Waals surface area (Å²) >= 11 is 12.0. The van der Waals surface area contributed by atoms with Gasteiger partial charge in [0.25, 0.3) is 0 Å². The van der Waals surface area contributed by atoms with Crippen LogP contribution in [0.15, 0.2) is 18.2 Å². The summed E-state index contributed by atoms with van der Waals surface area (Å²) in [5.74, 6) is 0. The predicted molar refractivity (Wildman–Crippen MR) is 67.1 cm³/mol. The van der Waals surface area contributed by atoms with Crippen LogP contribution < -0.4 is 5.73 Å². The normalized spacial score (nSPS) is 19.7. The first kappa shape index (κ1) is 12.2. The van der Waals surface area contributed by atoms with Crippen LogP contribution in [0.2, 0.25) is 10.0 Å². The van der Waals surface area contributed by atoms with Crippen LogP contribution in [0.1, 0.15) is 18.4 Å². The largest absolute Gasteiger partial charge is 0.381 e. The molecule has 1 saturated heterocycles. The van der Waals surface area contributed by atoms with Gasteiger partial charge in [0, 0.05) is 28.8 Å². The molecule has 0 atom stereocenters. The maximum Gasteiger partial charge on any atom is 0.0483 e. The lowest BCUT2D eigenvalue weighted by molar-refractivity contribution is 0.0533. The fraction of sp³-hybridized carbons (Fsp3) is 0.500. The summed E-state index contributed by atoms with van der Waals surface area (Å²) in [5, 5.41) is 1.36. The molecule has 1 aliphatic heterocycles. The Bertz CT molecular complexity index is 375. The molecule has 2 rings (SSSR count). The van der Waals surface area contributed by atoms with Gasteiger partial charge in [-0.2, -0.15) is 0 Å². The zero-order valence-electron chi connectivity index (χ0n) is 9.01. The van der Waals surface area contributed by atoms with Gasteiger partial charge in [0.15, 0.2) is 0 Å². The van der Waals surface area contributed by atoms with Crippen LogP contribution >= 0.6 is 23.2 Å². The van der Waals surface area contributed by atoms with E-state index in [2.05, 4.69) is 0 Å². The molecule has 88 valence electrons. The van der Waals surface area contributed by atoms with Crippen molar-refractivity contribution >= 4 is 23.2 Å². The lowest BCUT2D eigenvalue weighted by atomic mass is 9.85. The summed E-state index contributed by atoms with van der Waals surface area (Å²) in [5.41, 5.74) is 7.21. The van der Waals surface area contributed by atoms with Crippen molar-refractivity contribution in [3.63, 3.8) is 0 Å². The number of hydrogen-bond donors (Lipinski definition) is 1. The van der Waals surface area contributed by atoms with E-state index < -0.39 is 0 Å². The van der Waals surface area contributed by atoms with Crippen molar-refractivity contribution in [2.75, 3.05) is 13.2 Å². The average Bonchev–Trinajstić information content (AvgIpc) is 2.23. The Labute approximate surface area is 106 Å².